The molecule has 1 aliphatic carbocycles. The van der Waals surface area contributed by atoms with Crippen molar-refractivity contribution in [3.63, 3.8) is 0 Å². The highest BCUT2D eigenvalue weighted by Crippen LogP contribution is 2.34. The fourth-order valence-electron chi connectivity index (χ4n) is 3.05. The maximum atomic E-state index is 12.7. The minimum atomic E-state index is -0.643. The van der Waals surface area contributed by atoms with Gasteiger partial charge in [-0.25, -0.2) is 0 Å². The summed E-state index contributed by atoms with van der Waals surface area (Å²) < 4.78 is 11.6. The van der Waals surface area contributed by atoms with Crippen LogP contribution in [0.5, 0.6) is 5.75 Å². The summed E-state index contributed by atoms with van der Waals surface area (Å²) in [6.45, 7) is 9.45. The van der Waals surface area contributed by atoms with Gasteiger partial charge in [-0.3, -0.25) is 4.79 Å². The zero-order valence-corrected chi connectivity index (χ0v) is 14.8. The molecule has 0 aromatic heterocycles. The predicted octanol–water partition coefficient (Wildman–Crippen LogP) is 4.32. The molecule has 1 aliphatic rings. The molecule has 0 atom stereocenters. The third kappa shape index (κ3) is 4.47. The molecule has 23 heavy (non-hydrogen) atoms. The van der Waals surface area contributed by atoms with E-state index in [2.05, 4.69) is 19.2 Å². The van der Waals surface area contributed by atoms with Gasteiger partial charge in [-0.1, -0.05) is 13.8 Å². The molecule has 1 saturated carbocycles. The van der Waals surface area contributed by atoms with Crippen LogP contribution in [0.2, 0.25) is 0 Å². The van der Waals surface area contributed by atoms with Gasteiger partial charge in [0.25, 0.3) is 5.91 Å². The lowest BCUT2D eigenvalue weighted by Gasteiger charge is -2.27. The van der Waals surface area contributed by atoms with Crippen LogP contribution >= 0.6 is 0 Å². The summed E-state index contributed by atoms with van der Waals surface area (Å²) >= 11 is 0. The van der Waals surface area contributed by atoms with E-state index in [1.807, 2.05) is 32.0 Å². The number of hydrogen-bond acceptors (Lipinski definition) is 3. The Balaban J connectivity index is 2.04. The van der Waals surface area contributed by atoms with E-state index in [1.165, 1.54) is 0 Å². The molecule has 1 aromatic rings. The Bertz CT molecular complexity index is 533. The van der Waals surface area contributed by atoms with Gasteiger partial charge in [0.1, 0.15) is 11.4 Å². The maximum Gasteiger partial charge on any atom is 0.256 e. The third-order valence-electron chi connectivity index (χ3n) is 4.25. The molecule has 0 radical (unpaired) electrons. The van der Waals surface area contributed by atoms with Gasteiger partial charge in [-0.2, -0.15) is 0 Å². The van der Waals surface area contributed by atoms with Crippen molar-refractivity contribution in [1.82, 2.24) is 0 Å². The molecule has 0 spiro atoms. The summed E-state index contributed by atoms with van der Waals surface area (Å²) in [7, 11) is 0. The standard InChI is InChI=1S/C19H29NO3/c1-5-23-19(10-6-7-11-19)18(21)20-16-8-9-17(15(4)12-16)22-13-14(2)3/h8-9,12,14H,5-7,10-11,13H2,1-4H3,(H,20,21). The highest BCUT2D eigenvalue weighted by atomic mass is 16.5. The second-order valence-corrected chi connectivity index (χ2v) is 6.77. The molecule has 2 rings (SSSR count). The van der Waals surface area contributed by atoms with Gasteiger partial charge in [0.2, 0.25) is 0 Å². The first-order valence-corrected chi connectivity index (χ1v) is 8.65. The van der Waals surface area contributed by atoms with E-state index in [-0.39, 0.29) is 5.91 Å². The number of rotatable bonds is 7. The molecular formula is C19H29NO3. The van der Waals surface area contributed by atoms with Crippen molar-refractivity contribution in [1.29, 1.82) is 0 Å². The largest absolute Gasteiger partial charge is 0.493 e. The Labute approximate surface area is 139 Å². The van der Waals surface area contributed by atoms with Crippen LogP contribution in [-0.4, -0.2) is 24.7 Å². The lowest BCUT2D eigenvalue weighted by molar-refractivity contribution is -0.140. The summed E-state index contributed by atoms with van der Waals surface area (Å²) in [5, 5.41) is 3.02. The van der Waals surface area contributed by atoms with Crippen molar-refractivity contribution in [2.24, 2.45) is 5.92 Å². The van der Waals surface area contributed by atoms with E-state index in [4.69, 9.17) is 9.47 Å². The van der Waals surface area contributed by atoms with Crippen molar-refractivity contribution >= 4 is 11.6 Å². The molecule has 1 N–H and O–H groups in total. The number of carbonyl (C=O) groups excluding carboxylic acids is 1. The Morgan fingerprint density at radius 2 is 2.00 bits per heavy atom. The van der Waals surface area contributed by atoms with Crippen molar-refractivity contribution in [2.75, 3.05) is 18.5 Å². The van der Waals surface area contributed by atoms with Crippen molar-refractivity contribution < 1.29 is 14.3 Å². The van der Waals surface area contributed by atoms with Crippen LogP contribution in [0.3, 0.4) is 0 Å². The zero-order valence-electron chi connectivity index (χ0n) is 14.8. The minimum Gasteiger partial charge on any atom is -0.493 e. The van der Waals surface area contributed by atoms with Gasteiger partial charge in [0, 0.05) is 12.3 Å². The second-order valence-electron chi connectivity index (χ2n) is 6.77. The highest BCUT2D eigenvalue weighted by Gasteiger charge is 2.41. The number of amides is 1. The number of hydrogen-bond donors (Lipinski definition) is 1. The Morgan fingerprint density at radius 3 is 2.57 bits per heavy atom. The summed E-state index contributed by atoms with van der Waals surface area (Å²) in [5.74, 6) is 1.34. The smallest absolute Gasteiger partial charge is 0.256 e. The molecular weight excluding hydrogens is 290 g/mol. The van der Waals surface area contributed by atoms with Crippen LogP contribution in [0.4, 0.5) is 5.69 Å². The monoisotopic (exact) mass is 319 g/mol. The van der Waals surface area contributed by atoms with Gasteiger partial charge < -0.3 is 14.8 Å². The number of nitrogens with one attached hydrogen (secondary N) is 1. The average Bonchev–Trinajstić information content (AvgIpc) is 2.96. The number of ether oxygens (including phenoxy) is 2. The fraction of sp³-hybridized carbons (Fsp3) is 0.632. The Morgan fingerprint density at radius 1 is 1.30 bits per heavy atom. The topological polar surface area (TPSA) is 47.6 Å². The first kappa shape index (κ1) is 17.8. The molecule has 4 nitrogen and oxygen atoms in total. The van der Waals surface area contributed by atoms with Crippen LogP contribution in [0.25, 0.3) is 0 Å². The molecule has 0 saturated heterocycles. The quantitative estimate of drug-likeness (QED) is 0.814. The lowest BCUT2D eigenvalue weighted by atomic mass is 10.0. The molecule has 1 fully saturated rings. The summed E-state index contributed by atoms with van der Waals surface area (Å²) in [4.78, 5) is 12.7. The average molecular weight is 319 g/mol. The van der Waals surface area contributed by atoms with Crippen molar-refractivity contribution in [3.8, 4) is 5.75 Å². The summed E-state index contributed by atoms with van der Waals surface area (Å²) in [5.41, 5.74) is 1.19. The van der Waals surface area contributed by atoms with E-state index in [0.29, 0.717) is 19.1 Å². The molecule has 1 aromatic carbocycles. The van der Waals surface area contributed by atoms with E-state index in [9.17, 15) is 4.79 Å². The first-order chi connectivity index (χ1) is 11.0. The van der Waals surface area contributed by atoms with Crippen molar-refractivity contribution in [3.05, 3.63) is 23.8 Å². The first-order valence-electron chi connectivity index (χ1n) is 8.65. The lowest BCUT2D eigenvalue weighted by Crippen LogP contribution is -2.43. The van der Waals surface area contributed by atoms with Crippen LogP contribution in [0.15, 0.2) is 18.2 Å². The number of carbonyl (C=O) groups is 1. The van der Waals surface area contributed by atoms with Crippen LogP contribution in [0.1, 0.15) is 52.0 Å². The number of benzene rings is 1. The highest BCUT2D eigenvalue weighted by molar-refractivity contribution is 5.97. The fourth-order valence-corrected chi connectivity index (χ4v) is 3.05. The molecule has 0 bridgehead atoms. The Hall–Kier alpha value is -1.55. The number of aryl methyl sites for hydroxylation is 1. The van der Waals surface area contributed by atoms with Crippen LogP contribution < -0.4 is 10.1 Å². The van der Waals surface area contributed by atoms with E-state index in [0.717, 1.165) is 42.7 Å². The zero-order chi connectivity index (χ0) is 16.9. The van der Waals surface area contributed by atoms with Crippen LogP contribution in [0, 0.1) is 12.8 Å². The van der Waals surface area contributed by atoms with E-state index < -0.39 is 5.60 Å². The molecule has 0 unspecified atom stereocenters. The van der Waals surface area contributed by atoms with E-state index in [1.54, 1.807) is 0 Å². The van der Waals surface area contributed by atoms with Crippen LogP contribution in [-0.2, 0) is 9.53 Å². The van der Waals surface area contributed by atoms with Gasteiger partial charge >= 0.3 is 0 Å². The predicted molar refractivity (Wildman–Crippen MR) is 93.0 cm³/mol. The molecule has 128 valence electrons. The van der Waals surface area contributed by atoms with Gasteiger partial charge in [-0.15, -0.1) is 0 Å². The van der Waals surface area contributed by atoms with Gasteiger partial charge in [0.15, 0.2) is 0 Å². The van der Waals surface area contributed by atoms with Gasteiger partial charge in [0.05, 0.1) is 6.61 Å². The molecule has 0 aliphatic heterocycles. The van der Waals surface area contributed by atoms with E-state index >= 15 is 0 Å². The summed E-state index contributed by atoms with van der Waals surface area (Å²) in [6, 6.07) is 5.78. The van der Waals surface area contributed by atoms with Gasteiger partial charge in [-0.05, 0) is 69.2 Å². The summed E-state index contributed by atoms with van der Waals surface area (Å²) in [6.07, 6.45) is 3.71. The normalized spacial score (nSPS) is 16.6. The third-order valence-corrected chi connectivity index (χ3v) is 4.25. The molecule has 4 heteroatoms. The molecule has 1 amide bonds. The SMILES string of the molecule is CCOC1(C(=O)Nc2ccc(OCC(C)C)c(C)c2)CCCC1. The second kappa shape index (κ2) is 7.82. The van der Waals surface area contributed by atoms with Crippen molar-refractivity contribution in [2.45, 2.75) is 59.0 Å². The Kier molecular flexibility index (Phi) is 6.05. The minimum absolute atomic E-state index is 0.0212. The molecule has 0 heterocycles. The number of anilines is 1. The maximum absolute atomic E-state index is 12.7.